The Hall–Kier alpha value is -3.64. The molecule has 1 amide bonds. The number of ketones is 1. The third kappa shape index (κ3) is 5.00. The molecule has 0 radical (unpaired) electrons. The van der Waals surface area contributed by atoms with Crippen LogP contribution in [0.5, 0.6) is 11.5 Å². The van der Waals surface area contributed by atoms with Gasteiger partial charge in [-0.1, -0.05) is 48.5 Å². The largest absolute Gasteiger partial charge is 0.493 e. The van der Waals surface area contributed by atoms with Gasteiger partial charge in [0.2, 0.25) is 0 Å². The number of nitrogens with one attached hydrogen (secondary N) is 1. The lowest BCUT2D eigenvalue weighted by atomic mass is 10.0. The summed E-state index contributed by atoms with van der Waals surface area (Å²) in [6.07, 6.45) is 0. The number of rotatable bonds is 8. The van der Waals surface area contributed by atoms with E-state index < -0.39 is 5.91 Å². The number of carbonyl (C=O) groups is 2. The summed E-state index contributed by atoms with van der Waals surface area (Å²) >= 11 is 0. The molecule has 0 aliphatic heterocycles. The van der Waals surface area contributed by atoms with Gasteiger partial charge in [0.15, 0.2) is 23.9 Å². The van der Waals surface area contributed by atoms with Crippen molar-refractivity contribution in [3.05, 3.63) is 89.5 Å². The van der Waals surface area contributed by atoms with Crippen molar-refractivity contribution in [3.8, 4) is 11.5 Å². The van der Waals surface area contributed by atoms with Gasteiger partial charge in [0, 0.05) is 11.1 Å². The summed E-state index contributed by atoms with van der Waals surface area (Å²) in [7, 11) is 1.48. The van der Waals surface area contributed by atoms with Crippen LogP contribution >= 0.6 is 0 Å². The number of aliphatic hydroxyl groups excluding tert-OH is 1. The number of para-hydroxylation sites is 1. The van der Waals surface area contributed by atoms with Gasteiger partial charge in [-0.2, -0.15) is 0 Å². The van der Waals surface area contributed by atoms with Crippen molar-refractivity contribution < 1.29 is 24.2 Å². The summed E-state index contributed by atoms with van der Waals surface area (Å²) in [5.41, 5.74) is 2.03. The fourth-order valence-corrected chi connectivity index (χ4v) is 2.79. The van der Waals surface area contributed by atoms with Gasteiger partial charge in [-0.25, -0.2) is 0 Å². The van der Waals surface area contributed by atoms with E-state index in [9.17, 15) is 14.7 Å². The van der Waals surface area contributed by atoms with Gasteiger partial charge in [0.25, 0.3) is 5.91 Å². The minimum atomic E-state index is -0.411. The molecule has 0 spiro atoms. The molecule has 0 saturated heterocycles. The standard InChI is InChI=1S/C23H21NO5/c1-28-21-13-16(14-25)11-12-20(21)29-15-22(26)24-19-10-6-5-9-18(19)23(27)17-7-3-2-4-8-17/h2-13,25H,14-15H2,1H3,(H,24,26). The Morgan fingerprint density at radius 2 is 1.66 bits per heavy atom. The number of amides is 1. The number of hydrogen-bond acceptors (Lipinski definition) is 5. The Morgan fingerprint density at radius 3 is 2.38 bits per heavy atom. The first-order valence-electron chi connectivity index (χ1n) is 9.01. The van der Waals surface area contributed by atoms with E-state index >= 15 is 0 Å². The molecule has 6 nitrogen and oxygen atoms in total. The van der Waals surface area contributed by atoms with Crippen LogP contribution in [0.15, 0.2) is 72.8 Å². The van der Waals surface area contributed by atoms with Crippen molar-refractivity contribution >= 4 is 17.4 Å². The number of methoxy groups -OCH3 is 1. The minimum Gasteiger partial charge on any atom is -0.493 e. The first-order chi connectivity index (χ1) is 14.1. The zero-order chi connectivity index (χ0) is 20.6. The fraction of sp³-hybridized carbons (Fsp3) is 0.130. The van der Waals surface area contributed by atoms with Gasteiger partial charge >= 0.3 is 0 Å². The lowest BCUT2D eigenvalue weighted by Crippen LogP contribution is -2.21. The molecule has 0 bridgehead atoms. The van der Waals surface area contributed by atoms with Gasteiger partial charge in [-0.05, 0) is 29.8 Å². The van der Waals surface area contributed by atoms with Crippen molar-refractivity contribution in [2.45, 2.75) is 6.61 Å². The highest BCUT2D eigenvalue weighted by Gasteiger charge is 2.15. The van der Waals surface area contributed by atoms with E-state index in [0.29, 0.717) is 33.9 Å². The molecule has 3 aromatic carbocycles. The molecule has 0 aliphatic rings. The van der Waals surface area contributed by atoms with Crippen molar-refractivity contribution in [2.75, 3.05) is 19.0 Å². The maximum atomic E-state index is 12.8. The van der Waals surface area contributed by atoms with Crippen molar-refractivity contribution in [1.29, 1.82) is 0 Å². The first-order valence-corrected chi connectivity index (χ1v) is 9.01. The Balaban J connectivity index is 1.70. The maximum absolute atomic E-state index is 12.8. The van der Waals surface area contributed by atoms with E-state index in [4.69, 9.17) is 9.47 Å². The first kappa shape index (κ1) is 20.1. The number of benzene rings is 3. The summed E-state index contributed by atoms with van der Waals surface area (Å²) < 4.78 is 10.8. The molecule has 2 N–H and O–H groups in total. The predicted octanol–water partition coefficient (Wildman–Crippen LogP) is 3.44. The Bertz CT molecular complexity index is 1000. The molecular formula is C23H21NO5. The summed E-state index contributed by atoms with van der Waals surface area (Å²) in [5.74, 6) is 0.216. The van der Waals surface area contributed by atoms with E-state index in [1.54, 1.807) is 66.7 Å². The molecule has 0 atom stereocenters. The molecule has 0 aromatic heterocycles. The topological polar surface area (TPSA) is 84.9 Å². The van der Waals surface area contributed by atoms with E-state index in [-0.39, 0.29) is 19.0 Å². The second-order valence-electron chi connectivity index (χ2n) is 6.22. The van der Waals surface area contributed by atoms with Gasteiger partial charge in [-0.15, -0.1) is 0 Å². The second kappa shape index (κ2) is 9.52. The van der Waals surface area contributed by atoms with Crippen LogP contribution in [0, 0.1) is 0 Å². The van der Waals surface area contributed by atoms with E-state index in [0.717, 1.165) is 0 Å². The average molecular weight is 391 g/mol. The van der Waals surface area contributed by atoms with Gasteiger partial charge in [0.1, 0.15) is 0 Å². The van der Waals surface area contributed by atoms with E-state index in [1.165, 1.54) is 7.11 Å². The van der Waals surface area contributed by atoms with Gasteiger partial charge in [0.05, 0.1) is 19.4 Å². The van der Waals surface area contributed by atoms with Crippen LogP contribution in [0.1, 0.15) is 21.5 Å². The Labute approximate surface area is 168 Å². The lowest BCUT2D eigenvalue weighted by Gasteiger charge is -2.13. The number of carbonyl (C=O) groups excluding carboxylic acids is 2. The zero-order valence-corrected chi connectivity index (χ0v) is 15.9. The maximum Gasteiger partial charge on any atom is 0.262 e. The molecule has 0 heterocycles. The quantitative estimate of drug-likeness (QED) is 0.575. The van der Waals surface area contributed by atoms with Crippen LogP contribution in [0.25, 0.3) is 0 Å². The molecule has 0 saturated carbocycles. The third-order valence-corrected chi connectivity index (χ3v) is 4.25. The van der Waals surface area contributed by atoms with E-state index in [2.05, 4.69) is 5.32 Å². The van der Waals surface area contributed by atoms with Crippen LogP contribution in [0.2, 0.25) is 0 Å². The monoisotopic (exact) mass is 391 g/mol. The molecular weight excluding hydrogens is 370 g/mol. The average Bonchev–Trinajstić information content (AvgIpc) is 2.78. The number of aliphatic hydroxyl groups is 1. The van der Waals surface area contributed by atoms with Crippen LogP contribution in [-0.2, 0) is 11.4 Å². The Kier molecular flexibility index (Phi) is 6.60. The predicted molar refractivity (Wildman–Crippen MR) is 109 cm³/mol. The van der Waals surface area contributed by atoms with Crippen molar-refractivity contribution in [2.24, 2.45) is 0 Å². The second-order valence-corrected chi connectivity index (χ2v) is 6.22. The number of ether oxygens (including phenoxy) is 2. The van der Waals surface area contributed by atoms with Crippen LogP contribution in [0.3, 0.4) is 0 Å². The SMILES string of the molecule is COc1cc(CO)ccc1OCC(=O)Nc1ccccc1C(=O)c1ccccc1. The summed E-state index contributed by atoms with van der Waals surface area (Å²) in [6, 6.07) is 20.7. The normalized spacial score (nSPS) is 10.3. The summed E-state index contributed by atoms with van der Waals surface area (Å²) in [5, 5.41) is 11.9. The molecule has 0 aliphatic carbocycles. The van der Waals surface area contributed by atoms with E-state index in [1.807, 2.05) is 6.07 Å². The Morgan fingerprint density at radius 1 is 0.931 bits per heavy atom. The fourth-order valence-electron chi connectivity index (χ4n) is 2.79. The summed E-state index contributed by atoms with van der Waals surface area (Å²) in [4.78, 5) is 25.1. The molecule has 6 heteroatoms. The third-order valence-electron chi connectivity index (χ3n) is 4.25. The number of anilines is 1. The molecule has 148 valence electrons. The van der Waals surface area contributed by atoms with Crippen molar-refractivity contribution in [1.82, 2.24) is 0 Å². The molecule has 0 fully saturated rings. The van der Waals surface area contributed by atoms with Crippen LogP contribution in [-0.4, -0.2) is 30.5 Å². The van der Waals surface area contributed by atoms with Crippen LogP contribution < -0.4 is 14.8 Å². The minimum absolute atomic E-state index is 0.122. The molecule has 3 aromatic rings. The molecule has 29 heavy (non-hydrogen) atoms. The lowest BCUT2D eigenvalue weighted by molar-refractivity contribution is -0.118. The highest BCUT2D eigenvalue weighted by Crippen LogP contribution is 2.28. The highest BCUT2D eigenvalue weighted by molar-refractivity contribution is 6.13. The summed E-state index contributed by atoms with van der Waals surface area (Å²) in [6.45, 7) is -0.383. The highest BCUT2D eigenvalue weighted by atomic mass is 16.5. The van der Waals surface area contributed by atoms with Gasteiger partial charge < -0.3 is 19.9 Å². The van der Waals surface area contributed by atoms with Gasteiger partial charge in [-0.3, -0.25) is 9.59 Å². The van der Waals surface area contributed by atoms with Crippen LogP contribution in [0.4, 0.5) is 5.69 Å². The smallest absolute Gasteiger partial charge is 0.262 e. The molecule has 0 unspecified atom stereocenters. The molecule has 3 rings (SSSR count). The number of hydrogen-bond donors (Lipinski definition) is 2. The van der Waals surface area contributed by atoms with Crippen molar-refractivity contribution in [3.63, 3.8) is 0 Å². The zero-order valence-electron chi connectivity index (χ0n) is 15.9.